The Hall–Kier alpha value is -3.28. The van der Waals surface area contributed by atoms with Crippen molar-refractivity contribution in [2.24, 2.45) is 0 Å². The van der Waals surface area contributed by atoms with Gasteiger partial charge < -0.3 is 15.4 Å². The van der Waals surface area contributed by atoms with Crippen molar-refractivity contribution in [1.82, 2.24) is 19.6 Å². The van der Waals surface area contributed by atoms with Gasteiger partial charge in [-0.3, -0.25) is 4.79 Å². The summed E-state index contributed by atoms with van der Waals surface area (Å²) in [4.78, 5) is 24.6. The first kappa shape index (κ1) is 21.6. The Morgan fingerprint density at radius 1 is 1.18 bits per heavy atom. The van der Waals surface area contributed by atoms with Crippen molar-refractivity contribution in [3.8, 4) is 5.75 Å². The van der Waals surface area contributed by atoms with Gasteiger partial charge in [-0.15, -0.1) is 11.3 Å². The minimum atomic E-state index is -3.88. The molecule has 0 saturated carbocycles. The van der Waals surface area contributed by atoms with Crippen LogP contribution < -0.4 is 15.2 Å². The lowest BCUT2D eigenvalue weighted by molar-refractivity contribution is -0.129. The number of carbonyl (C=O) groups excluding carboxylic acids is 1. The van der Waals surface area contributed by atoms with Crippen LogP contribution >= 0.6 is 11.3 Å². The summed E-state index contributed by atoms with van der Waals surface area (Å²) in [6, 6.07) is 11.4. The van der Waals surface area contributed by atoms with E-state index >= 15 is 0 Å². The molecule has 1 fully saturated rings. The summed E-state index contributed by atoms with van der Waals surface area (Å²) in [5.41, 5.74) is 5.89. The number of benzene rings is 2. The number of nitrogens with zero attached hydrogens (tertiary/aromatic N) is 3. The Morgan fingerprint density at radius 3 is 2.79 bits per heavy atom. The minimum absolute atomic E-state index is 0.105. The van der Waals surface area contributed by atoms with Crippen molar-refractivity contribution in [3.05, 3.63) is 53.7 Å². The first-order chi connectivity index (χ1) is 15.8. The number of amides is 1. The van der Waals surface area contributed by atoms with Crippen molar-refractivity contribution in [2.75, 3.05) is 19.4 Å². The fraction of sp³-hybridized carbons (Fsp3) is 0.227. The van der Waals surface area contributed by atoms with Crippen LogP contribution in [0.1, 0.15) is 11.3 Å². The van der Waals surface area contributed by atoms with E-state index in [9.17, 15) is 13.2 Å². The van der Waals surface area contributed by atoms with Crippen LogP contribution in [0.2, 0.25) is 0 Å². The topological polar surface area (TPSA) is 128 Å². The van der Waals surface area contributed by atoms with Gasteiger partial charge in [-0.2, -0.15) is 4.72 Å². The average molecular weight is 484 g/mol. The molecule has 3 N–H and O–H groups in total. The number of anilines is 1. The normalized spacial score (nSPS) is 16.7. The number of hydrogen-bond donors (Lipinski definition) is 2. The number of nitrogen functional groups attached to an aromatic ring is 1. The number of methoxy groups -OCH3 is 1. The molecule has 1 aliphatic heterocycles. The van der Waals surface area contributed by atoms with Gasteiger partial charge in [0.1, 0.15) is 28.8 Å². The van der Waals surface area contributed by atoms with Crippen LogP contribution in [0.4, 0.5) is 5.82 Å². The van der Waals surface area contributed by atoms with E-state index in [1.54, 1.807) is 30.2 Å². The summed E-state index contributed by atoms with van der Waals surface area (Å²) in [6.07, 6.45) is 1.80. The zero-order chi connectivity index (χ0) is 23.2. The molecule has 1 aliphatic rings. The first-order valence-corrected chi connectivity index (χ1v) is 12.5. The largest absolute Gasteiger partial charge is 0.497 e. The van der Waals surface area contributed by atoms with Crippen LogP contribution in [-0.2, 0) is 21.4 Å². The fourth-order valence-corrected chi connectivity index (χ4v) is 6.22. The quantitative estimate of drug-likeness (QED) is 0.431. The molecule has 3 heterocycles. The highest BCUT2D eigenvalue weighted by Crippen LogP contribution is 2.29. The van der Waals surface area contributed by atoms with Crippen LogP contribution in [0.3, 0.4) is 0 Å². The predicted octanol–water partition coefficient (Wildman–Crippen LogP) is 2.51. The molecular weight excluding hydrogens is 462 g/mol. The smallest absolute Gasteiger partial charge is 0.241 e. The summed E-state index contributed by atoms with van der Waals surface area (Å²) in [5, 5.41) is 2.39. The van der Waals surface area contributed by atoms with E-state index in [4.69, 9.17) is 10.5 Å². The third-order valence-electron chi connectivity index (χ3n) is 5.68. The number of nitrogens with two attached hydrogens (primary N) is 1. The van der Waals surface area contributed by atoms with Crippen LogP contribution in [0.25, 0.3) is 21.0 Å². The molecule has 9 nitrogen and oxygen atoms in total. The number of ether oxygens (including phenoxy) is 1. The molecule has 1 unspecified atom stereocenters. The third-order valence-corrected chi connectivity index (χ3v) is 8.18. The highest BCUT2D eigenvalue weighted by Gasteiger charge is 2.35. The van der Waals surface area contributed by atoms with E-state index < -0.39 is 16.1 Å². The number of thiophene rings is 1. The number of fused-ring (bicyclic) bond motifs is 2. The van der Waals surface area contributed by atoms with E-state index in [0.29, 0.717) is 31.1 Å². The highest BCUT2D eigenvalue weighted by molar-refractivity contribution is 7.89. The molecule has 0 bridgehead atoms. The minimum Gasteiger partial charge on any atom is -0.497 e. The van der Waals surface area contributed by atoms with E-state index in [1.807, 2.05) is 18.2 Å². The second kappa shape index (κ2) is 8.25. The molecule has 1 amide bonds. The number of hydrogen-bond acceptors (Lipinski definition) is 8. The standard InChI is InChI=1S/C22H21N5O4S2/c1-31-15-4-2-13-3-5-17(9-14(13)8-15)33(29,30)26-19-6-7-27(22(19)28)11-16-10-18-20(23)24-12-25-21(18)32-16/h2-5,8-10,12,19,26H,6-7,11H2,1H3,(H2,23,24,25). The highest BCUT2D eigenvalue weighted by atomic mass is 32.2. The van der Waals surface area contributed by atoms with Gasteiger partial charge >= 0.3 is 0 Å². The number of aromatic nitrogens is 2. The van der Waals surface area contributed by atoms with Crippen molar-refractivity contribution in [2.45, 2.75) is 23.9 Å². The number of carbonyl (C=O) groups is 1. The summed E-state index contributed by atoms with van der Waals surface area (Å²) < 4.78 is 33.8. The summed E-state index contributed by atoms with van der Waals surface area (Å²) in [7, 11) is -2.32. The molecule has 0 spiro atoms. The van der Waals surface area contributed by atoms with Gasteiger partial charge in [-0.25, -0.2) is 18.4 Å². The molecule has 2 aromatic carbocycles. The van der Waals surface area contributed by atoms with Crippen LogP contribution in [0.5, 0.6) is 5.75 Å². The molecule has 170 valence electrons. The fourth-order valence-electron chi connectivity index (χ4n) is 3.95. The second-order valence-electron chi connectivity index (χ2n) is 7.79. The molecule has 5 rings (SSSR count). The summed E-state index contributed by atoms with van der Waals surface area (Å²) >= 11 is 1.44. The number of sulfonamides is 1. The third kappa shape index (κ3) is 4.10. The maximum Gasteiger partial charge on any atom is 0.241 e. The molecule has 1 saturated heterocycles. The maximum atomic E-state index is 13.0. The SMILES string of the molecule is COc1ccc2ccc(S(=O)(=O)NC3CCN(Cc4cc5c(N)ncnc5s4)C3=O)cc2c1. The van der Waals surface area contributed by atoms with Gasteiger partial charge in [0.2, 0.25) is 15.9 Å². The molecule has 4 aromatic rings. The number of nitrogens with one attached hydrogen (secondary N) is 1. The van der Waals surface area contributed by atoms with Gasteiger partial charge in [0.05, 0.1) is 23.9 Å². The molecule has 1 atom stereocenters. The van der Waals surface area contributed by atoms with Crippen LogP contribution in [0.15, 0.2) is 53.7 Å². The summed E-state index contributed by atoms with van der Waals surface area (Å²) in [6.45, 7) is 0.823. The number of rotatable bonds is 6. The Labute approximate surface area is 194 Å². The van der Waals surface area contributed by atoms with Gasteiger partial charge in [0.15, 0.2) is 0 Å². The van der Waals surface area contributed by atoms with E-state index in [2.05, 4.69) is 14.7 Å². The molecule has 0 radical (unpaired) electrons. The van der Waals surface area contributed by atoms with Crippen molar-refractivity contribution < 1.29 is 17.9 Å². The van der Waals surface area contributed by atoms with Gasteiger partial charge in [0, 0.05) is 11.4 Å². The van der Waals surface area contributed by atoms with Crippen LogP contribution in [-0.4, -0.2) is 48.9 Å². The molecular formula is C22H21N5O4S2. The lowest BCUT2D eigenvalue weighted by Crippen LogP contribution is -2.41. The monoisotopic (exact) mass is 483 g/mol. The predicted molar refractivity (Wildman–Crippen MR) is 126 cm³/mol. The van der Waals surface area contributed by atoms with Gasteiger partial charge in [-0.1, -0.05) is 12.1 Å². The first-order valence-electron chi connectivity index (χ1n) is 10.2. The van der Waals surface area contributed by atoms with Crippen molar-refractivity contribution in [1.29, 1.82) is 0 Å². The zero-order valence-corrected chi connectivity index (χ0v) is 19.3. The summed E-state index contributed by atoms with van der Waals surface area (Å²) in [5.74, 6) is 0.784. The van der Waals surface area contributed by atoms with E-state index in [0.717, 1.165) is 25.9 Å². The van der Waals surface area contributed by atoms with Crippen LogP contribution in [0, 0.1) is 0 Å². The Morgan fingerprint density at radius 2 is 2.00 bits per heavy atom. The average Bonchev–Trinajstić information content (AvgIpc) is 3.37. The molecule has 0 aliphatic carbocycles. The lowest BCUT2D eigenvalue weighted by Gasteiger charge is -2.16. The molecule has 33 heavy (non-hydrogen) atoms. The maximum absolute atomic E-state index is 13.0. The van der Waals surface area contributed by atoms with Crippen molar-refractivity contribution in [3.63, 3.8) is 0 Å². The van der Waals surface area contributed by atoms with Crippen molar-refractivity contribution >= 4 is 54.1 Å². The Balaban J connectivity index is 1.32. The number of likely N-dealkylation sites (tertiary alicyclic amines) is 1. The van der Waals surface area contributed by atoms with E-state index in [1.165, 1.54) is 23.7 Å². The molecule has 11 heteroatoms. The van der Waals surface area contributed by atoms with E-state index in [-0.39, 0.29) is 10.8 Å². The Kier molecular flexibility index (Phi) is 5.39. The van der Waals surface area contributed by atoms with Gasteiger partial charge in [-0.05, 0) is 47.5 Å². The second-order valence-corrected chi connectivity index (χ2v) is 10.6. The zero-order valence-electron chi connectivity index (χ0n) is 17.7. The Bertz CT molecular complexity index is 1480. The lowest BCUT2D eigenvalue weighted by atomic mass is 10.1. The molecule has 2 aromatic heterocycles. The van der Waals surface area contributed by atoms with Gasteiger partial charge in [0.25, 0.3) is 0 Å².